The van der Waals surface area contributed by atoms with Gasteiger partial charge >= 0.3 is 0 Å². The van der Waals surface area contributed by atoms with Gasteiger partial charge in [-0.3, -0.25) is 5.43 Å². The lowest BCUT2D eigenvalue weighted by molar-refractivity contribution is 0.465. The summed E-state index contributed by atoms with van der Waals surface area (Å²) in [5.41, 5.74) is 3.37. The zero-order chi connectivity index (χ0) is 14.1. The van der Waals surface area contributed by atoms with E-state index in [0.29, 0.717) is 22.6 Å². The van der Waals surface area contributed by atoms with Crippen LogP contribution in [0.15, 0.2) is 29.6 Å². The molecule has 3 N–H and O–H groups in total. The van der Waals surface area contributed by atoms with Crippen LogP contribution >= 0.6 is 22.9 Å². The maximum Gasteiger partial charge on any atom is 0.241 e. The van der Waals surface area contributed by atoms with Gasteiger partial charge in [0.25, 0.3) is 0 Å². The molecule has 2 heterocycles. The lowest BCUT2D eigenvalue weighted by atomic mass is 10.2. The lowest BCUT2D eigenvalue weighted by Crippen LogP contribution is -2.10. The molecular weight excluding hydrogens is 296 g/mol. The number of aromatic nitrogens is 2. The number of fused-ring (bicyclic) bond motifs is 1. The summed E-state index contributed by atoms with van der Waals surface area (Å²) in [6.45, 7) is 1.93. The number of nitrogen functional groups attached to an aromatic ring is 1. The Bertz CT molecular complexity index is 774. The number of hydrogen-bond donors (Lipinski definition) is 2. The topological polar surface area (TPSA) is 73.1 Å². The minimum absolute atomic E-state index is 0.321. The Morgan fingerprint density at radius 2 is 2.15 bits per heavy atom. The maximum absolute atomic E-state index is 5.94. The van der Waals surface area contributed by atoms with E-state index in [1.807, 2.05) is 30.5 Å². The minimum atomic E-state index is 0.321. The number of nitrogens with zero attached hydrogens (tertiary/aromatic N) is 2. The number of halogens is 1. The third kappa shape index (κ3) is 2.40. The summed E-state index contributed by atoms with van der Waals surface area (Å²) in [5.74, 6) is 6.86. The number of nitrogens with two attached hydrogens (primary N) is 1. The predicted octanol–water partition coefficient (Wildman–Crippen LogP) is 3.73. The van der Waals surface area contributed by atoms with Crippen molar-refractivity contribution >= 4 is 39.1 Å². The zero-order valence-corrected chi connectivity index (χ0v) is 12.1. The summed E-state index contributed by atoms with van der Waals surface area (Å²) in [4.78, 5) is 9.33. The largest absolute Gasteiger partial charge is 0.438 e. The van der Waals surface area contributed by atoms with Crippen LogP contribution < -0.4 is 16.0 Å². The molecule has 0 atom stereocenters. The van der Waals surface area contributed by atoms with Crippen LogP contribution in [0.5, 0.6) is 11.6 Å². The highest BCUT2D eigenvalue weighted by Gasteiger charge is 2.11. The molecule has 0 unspecified atom stereocenters. The monoisotopic (exact) mass is 306 g/mol. The van der Waals surface area contributed by atoms with Crippen molar-refractivity contribution in [2.24, 2.45) is 5.84 Å². The number of ether oxygens (including phenoxy) is 1. The van der Waals surface area contributed by atoms with E-state index in [1.165, 1.54) is 11.3 Å². The second-order valence-corrected chi connectivity index (χ2v) is 5.48. The van der Waals surface area contributed by atoms with Crippen molar-refractivity contribution in [1.29, 1.82) is 0 Å². The van der Waals surface area contributed by atoms with Crippen LogP contribution in [0.4, 0.5) is 5.95 Å². The Labute approximate surface area is 124 Å². The Morgan fingerprint density at radius 1 is 1.30 bits per heavy atom. The van der Waals surface area contributed by atoms with E-state index in [2.05, 4.69) is 15.4 Å². The summed E-state index contributed by atoms with van der Waals surface area (Å²) < 4.78 is 5.88. The van der Waals surface area contributed by atoms with Gasteiger partial charge < -0.3 is 4.74 Å². The average molecular weight is 307 g/mol. The SMILES string of the molecule is Cc1cc(Cl)ccc1Oc1nc(NN)nc2sccc12. The molecule has 0 spiro atoms. The Kier molecular flexibility index (Phi) is 3.43. The molecule has 0 amide bonds. The van der Waals surface area contributed by atoms with Gasteiger partial charge in [-0.05, 0) is 42.1 Å². The third-order valence-corrected chi connectivity index (χ3v) is 3.80. The first-order valence-electron chi connectivity index (χ1n) is 5.83. The number of rotatable bonds is 3. The van der Waals surface area contributed by atoms with E-state index in [1.54, 1.807) is 6.07 Å². The van der Waals surface area contributed by atoms with Gasteiger partial charge in [-0.1, -0.05) is 11.6 Å². The summed E-state index contributed by atoms with van der Waals surface area (Å²) in [5, 5.41) is 3.45. The summed E-state index contributed by atoms with van der Waals surface area (Å²) in [6.07, 6.45) is 0. The first-order valence-corrected chi connectivity index (χ1v) is 7.09. The van der Waals surface area contributed by atoms with Crippen LogP contribution in [0.25, 0.3) is 10.2 Å². The Balaban J connectivity index is 2.07. The molecule has 0 saturated heterocycles. The van der Waals surface area contributed by atoms with Crippen LogP contribution in [0.2, 0.25) is 5.02 Å². The number of thiophene rings is 1. The fraction of sp³-hybridized carbons (Fsp3) is 0.0769. The van der Waals surface area contributed by atoms with Gasteiger partial charge in [0.2, 0.25) is 11.8 Å². The standard InChI is InChI=1S/C13H11ClN4OS/c1-7-6-8(14)2-3-10(7)19-11-9-4-5-20-12(9)17-13(16-11)18-15/h2-6H,15H2,1H3,(H,16,17,18). The van der Waals surface area contributed by atoms with E-state index in [9.17, 15) is 0 Å². The lowest BCUT2D eigenvalue weighted by Gasteiger charge is -2.10. The van der Waals surface area contributed by atoms with Crippen LogP contribution in [0.3, 0.4) is 0 Å². The highest BCUT2D eigenvalue weighted by atomic mass is 35.5. The molecule has 0 saturated carbocycles. The molecule has 0 aliphatic carbocycles. The molecule has 0 aliphatic rings. The van der Waals surface area contributed by atoms with E-state index < -0.39 is 0 Å². The van der Waals surface area contributed by atoms with Gasteiger partial charge in [0.1, 0.15) is 10.6 Å². The maximum atomic E-state index is 5.94. The molecule has 102 valence electrons. The van der Waals surface area contributed by atoms with Crippen LogP contribution in [-0.4, -0.2) is 9.97 Å². The van der Waals surface area contributed by atoms with Gasteiger partial charge in [-0.25, -0.2) is 10.8 Å². The van der Waals surface area contributed by atoms with Gasteiger partial charge in [0.05, 0.1) is 5.39 Å². The number of benzene rings is 1. The fourth-order valence-corrected chi connectivity index (χ4v) is 2.78. The Morgan fingerprint density at radius 3 is 2.90 bits per heavy atom. The van der Waals surface area contributed by atoms with Gasteiger partial charge in [0.15, 0.2) is 0 Å². The summed E-state index contributed by atoms with van der Waals surface area (Å²) >= 11 is 7.44. The van der Waals surface area contributed by atoms with Crippen molar-refractivity contribution in [2.75, 3.05) is 5.43 Å². The zero-order valence-electron chi connectivity index (χ0n) is 10.6. The van der Waals surface area contributed by atoms with Crippen molar-refractivity contribution in [3.05, 3.63) is 40.2 Å². The van der Waals surface area contributed by atoms with E-state index >= 15 is 0 Å². The third-order valence-electron chi connectivity index (χ3n) is 2.76. The quantitative estimate of drug-likeness (QED) is 0.570. The molecule has 7 heteroatoms. The number of anilines is 1. The highest BCUT2D eigenvalue weighted by molar-refractivity contribution is 7.16. The summed E-state index contributed by atoms with van der Waals surface area (Å²) in [6, 6.07) is 7.34. The molecule has 3 rings (SSSR count). The molecule has 1 aromatic carbocycles. The van der Waals surface area contributed by atoms with E-state index in [-0.39, 0.29) is 0 Å². The molecule has 0 fully saturated rings. The van der Waals surface area contributed by atoms with E-state index in [4.69, 9.17) is 22.2 Å². The minimum Gasteiger partial charge on any atom is -0.438 e. The number of nitrogens with one attached hydrogen (secondary N) is 1. The molecule has 5 nitrogen and oxygen atoms in total. The molecular formula is C13H11ClN4OS. The van der Waals surface area contributed by atoms with E-state index in [0.717, 1.165) is 15.8 Å². The molecule has 0 aliphatic heterocycles. The van der Waals surface area contributed by atoms with Crippen LogP contribution in [0.1, 0.15) is 5.56 Å². The van der Waals surface area contributed by atoms with Gasteiger partial charge in [0, 0.05) is 5.02 Å². The van der Waals surface area contributed by atoms with Crippen molar-refractivity contribution in [2.45, 2.75) is 6.92 Å². The van der Waals surface area contributed by atoms with Crippen molar-refractivity contribution in [3.63, 3.8) is 0 Å². The molecule has 20 heavy (non-hydrogen) atoms. The van der Waals surface area contributed by atoms with Crippen molar-refractivity contribution in [3.8, 4) is 11.6 Å². The molecule has 2 aromatic heterocycles. The van der Waals surface area contributed by atoms with Crippen LogP contribution in [-0.2, 0) is 0 Å². The van der Waals surface area contributed by atoms with Crippen LogP contribution in [0, 0.1) is 6.92 Å². The predicted molar refractivity (Wildman–Crippen MR) is 81.5 cm³/mol. The Hall–Kier alpha value is -1.89. The summed E-state index contributed by atoms with van der Waals surface area (Å²) in [7, 11) is 0. The molecule has 0 radical (unpaired) electrons. The number of hydrogen-bond acceptors (Lipinski definition) is 6. The van der Waals surface area contributed by atoms with Crippen molar-refractivity contribution < 1.29 is 4.74 Å². The smallest absolute Gasteiger partial charge is 0.241 e. The number of hydrazine groups is 1. The second kappa shape index (κ2) is 5.24. The fourth-order valence-electron chi connectivity index (χ4n) is 1.80. The van der Waals surface area contributed by atoms with Crippen molar-refractivity contribution in [1.82, 2.24) is 9.97 Å². The normalized spacial score (nSPS) is 10.8. The average Bonchev–Trinajstić information content (AvgIpc) is 2.90. The highest BCUT2D eigenvalue weighted by Crippen LogP contribution is 2.33. The number of aryl methyl sites for hydroxylation is 1. The molecule has 3 aromatic rings. The second-order valence-electron chi connectivity index (χ2n) is 4.15. The van der Waals surface area contributed by atoms with Gasteiger partial charge in [-0.2, -0.15) is 4.98 Å². The first kappa shape index (κ1) is 13.1. The molecule has 0 bridgehead atoms. The first-order chi connectivity index (χ1) is 9.67. The van der Waals surface area contributed by atoms with Gasteiger partial charge in [-0.15, -0.1) is 11.3 Å².